The summed E-state index contributed by atoms with van der Waals surface area (Å²) in [6, 6.07) is 3.22. The van der Waals surface area contributed by atoms with Crippen molar-refractivity contribution in [2.75, 3.05) is 12.8 Å². The van der Waals surface area contributed by atoms with Gasteiger partial charge in [-0.05, 0) is 31.2 Å². The highest BCUT2D eigenvalue weighted by Crippen LogP contribution is 2.38. The van der Waals surface area contributed by atoms with E-state index in [1.165, 1.54) is 19.3 Å². The molecule has 0 aliphatic heterocycles. The minimum atomic E-state index is -3.48. The summed E-state index contributed by atoms with van der Waals surface area (Å²) in [6.45, 7) is 0.483. The molecule has 0 atom stereocenters. The maximum atomic E-state index is 12.4. The average molecular weight is 365 g/mol. The zero-order valence-corrected chi connectivity index (χ0v) is 15.2. The monoisotopic (exact) mass is 364 g/mol. The van der Waals surface area contributed by atoms with Crippen molar-refractivity contribution in [1.82, 2.24) is 4.72 Å². The first kappa shape index (κ1) is 17.2. The van der Waals surface area contributed by atoms with Gasteiger partial charge in [0, 0.05) is 11.3 Å². The van der Waals surface area contributed by atoms with Crippen LogP contribution in [0.25, 0.3) is 0 Å². The second-order valence-corrected chi connectivity index (χ2v) is 10.0. The van der Waals surface area contributed by atoms with Crippen LogP contribution in [0.1, 0.15) is 37.0 Å². The molecule has 0 spiro atoms. The zero-order valence-electron chi connectivity index (χ0n) is 11.9. The Hall–Kier alpha value is -0.150. The van der Waals surface area contributed by atoms with E-state index in [0.717, 1.165) is 24.2 Å². The van der Waals surface area contributed by atoms with Gasteiger partial charge in [0.2, 0.25) is 10.0 Å². The minimum absolute atomic E-state index is 0.0363. The third-order valence-corrected chi connectivity index (χ3v) is 8.65. The quantitative estimate of drug-likeness (QED) is 0.760. The van der Waals surface area contributed by atoms with Gasteiger partial charge >= 0.3 is 0 Å². The highest BCUT2D eigenvalue weighted by atomic mass is 32.2. The minimum Gasteiger partial charge on any atom is -0.389 e. The van der Waals surface area contributed by atoms with Crippen LogP contribution in [0.3, 0.4) is 0 Å². The summed E-state index contributed by atoms with van der Waals surface area (Å²) in [6.07, 6.45) is 7.80. The van der Waals surface area contributed by atoms with E-state index in [0.29, 0.717) is 11.4 Å². The summed E-state index contributed by atoms with van der Waals surface area (Å²) in [5.41, 5.74) is 5.53. The molecule has 0 bridgehead atoms. The topological polar surface area (TPSA) is 72.2 Å². The number of thiocarbonyl (C=S) groups is 1. The predicted octanol–water partition coefficient (Wildman–Crippen LogP) is 2.73. The highest BCUT2D eigenvalue weighted by molar-refractivity contribution is 8.00. The molecule has 1 aromatic heterocycles. The predicted molar refractivity (Wildman–Crippen MR) is 94.7 cm³/mol. The first-order valence-electron chi connectivity index (χ1n) is 6.83. The summed E-state index contributed by atoms with van der Waals surface area (Å²) >= 11 is 7.76. The Morgan fingerprint density at radius 1 is 1.43 bits per heavy atom. The van der Waals surface area contributed by atoms with Gasteiger partial charge in [0.15, 0.2) is 0 Å². The molecule has 1 aromatic rings. The Labute approximate surface area is 139 Å². The van der Waals surface area contributed by atoms with Crippen molar-refractivity contribution >= 4 is 50.3 Å². The molecule has 8 heteroatoms. The van der Waals surface area contributed by atoms with Gasteiger partial charge in [-0.1, -0.05) is 31.5 Å². The van der Waals surface area contributed by atoms with E-state index in [-0.39, 0.29) is 13.9 Å². The Morgan fingerprint density at radius 3 is 2.62 bits per heavy atom. The van der Waals surface area contributed by atoms with Gasteiger partial charge in [0.1, 0.15) is 9.20 Å². The van der Waals surface area contributed by atoms with Crippen molar-refractivity contribution in [1.29, 1.82) is 0 Å². The van der Waals surface area contributed by atoms with Gasteiger partial charge < -0.3 is 5.73 Å². The molecule has 1 aliphatic rings. The fourth-order valence-electron chi connectivity index (χ4n) is 2.54. The van der Waals surface area contributed by atoms with Gasteiger partial charge in [-0.2, -0.15) is 11.8 Å². The second kappa shape index (κ2) is 6.95. The molecule has 0 saturated heterocycles. The number of thioether (sulfide) groups is 1. The van der Waals surface area contributed by atoms with Gasteiger partial charge in [-0.3, -0.25) is 0 Å². The number of hydrogen-bond donors (Lipinski definition) is 2. The van der Waals surface area contributed by atoms with Crippen LogP contribution in [0.4, 0.5) is 0 Å². The van der Waals surface area contributed by atoms with E-state index in [4.69, 9.17) is 18.0 Å². The van der Waals surface area contributed by atoms with Crippen LogP contribution in [-0.2, 0) is 10.0 Å². The Bertz CT molecular complexity index is 603. The van der Waals surface area contributed by atoms with Gasteiger partial charge in [0.05, 0.1) is 4.88 Å². The lowest BCUT2D eigenvalue weighted by Crippen LogP contribution is -2.41. The lowest BCUT2D eigenvalue weighted by molar-refractivity contribution is 0.395. The maximum Gasteiger partial charge on any atom is 0.250 e. The first-order valence-corrected chi connectivity index (χ1v) is 10.8. The zero-order chi connectivity index (χ0) is 15.5. The molecule has 0 amide bonds. The van der Waals surface area contributed by atoms with E-state index in [1.54, 1.807) is 23.9 Å². The van der Waals surface area contributed by atoms with Crippen LogP contribution in [0, 0.1) is 0 Å². The number of nitrogens with one attached hydrogen (secondary N) is 1. The Morgan fingerprint density at radius 2 is 2.10 bits per heavy atom. The van der Waals surface area contributed by atoms with Crippen LogP contribution in [-0.4, -0.2) is 31.0 Å². The van der Waals surface area contributed by atoms with E-state index in [2.05, 4.69) is 11.0 Å². The third-order valence-electron chi connectivity index (χ3n) is 3.87. The molecule has 1 heterocycles. The largest absolute Gasteiger partial charge is 0.389 e. The molecule has 1 aliphatic carbocycles. The van der Waals surface area contributed by atoms with Crippen LogP contribution >= 0.6 is 35.3 Å². The summed E-state index contributed by atoms with van der Waals surface area (Å²) in [4.78, 5) is 0.858. The highest BCUT2D eigenvalue weighted by Gasteiger charge is 2.32. The van der Waals surface area contributed by atoms with E-state index >= 15 is 0 Å². The second-order valence-electron chi connectivity index (χ2n) is 5.26. The molecule has 21 heavy (non-hydrogen) atoms. The van der Waals surface area contributed by atoms with Crippen LogP contribution < -0.4 is 10.5 Å². The molecule has 3 N–H and O–H groups in total. The molecule has 1 saturated carbocycles. The number of rotatable bonds is 6. The van der Waals surface area contributed by atoms with Crippen molar-refractivity contribution in [2.45, 2.75) is 41.1 Å². The van der Waals surface area contributed by atoms with Crippen molar-refractivity contribution in [3.05, 3.63) is 17.0 Å². The van der Waals surface area contributed by atoms with E-state index in [1.807, 2.05) is 0 Å². The molecule has 0 radical (unpaired) electrons. The number of hydrogen-bond acceptors (Lipinski definition) is 5. The Balaban J connectivity index is 2.07. The smallest absolute Gasteiger partial charge is 0.250 e. The van der Waals surface area contributed by atoms with Crippen LogP contribution in [0.2, 0.25) is 0 Å². The molecule has 0 unspecified atom stereocenters. The van der Waals surface area contributed by atoms with Gasteiger partial charge in [-0.15, -0.1) is 11.3 Å². The summed E-state index contributed by atoms with van der Waals surface area (Å²) in [7, 11) is -3.48. The molecule has 2 rings (SSSR count). The number of nitrogens with two attached hydrogens (primary N) is 1. The normalized spacial score (nSPS) is 18.5. The summed E-state index contributed by atoms with van der Waals surface area (Å²) in [5.74, 6) is 0. The van der Waals surface area contributed by atoms with Crippen molar-refractivity contribution in [2.24, 2.45) is 5.73 Å². The molecular weight excluding hydrogens is 344 g/mol. The molecule has 0 aromatic carbocycles. The standard InChI is InChI=1S/C13H20N2O2S4/c1-19-13(7-3-2-4-8-13)9-15-21(16,17)11-6-5-10(20-11)12(14)18/h5-6,15H,2-4,7-9H2,1H3,(H2,14,18). The SMILES string of the molecule is CSC1(CNS(=O)(=O)c2ccc(C(N)=S)s2)CCCCC1. The van der Waals surface area contributed by atoms with Crippen molar-refractivity contribution < 1.29 is 8.42 Å². The van der Waals surface area contributed by atoms with Crippen LogP contribution in [0.5, 0.6) is 0 Å². The Kier molecular flexibility index (Phi) is 5.70. The number of sulfonamides is 1. The van der Waals surface area contributed by atoms with Gasteiger partial charge in [0.25, 0.3) is 0 Å². The third kappa shape index (κ3) is 4.19. The molecule has 1 fully saturated rings. The van der Waals surface area contributed by atoms with Crippen molar-refractivity contribution in [3.63, 3.8) is 0 Å². The van der Waals surface area contributed by atoms with Crippen molar-refractivity contribution in [3.8, 4) is 0 Å². The molecule has 4 nitrogen and oxygen atoms in total. The fourth-order valence-corrected chi connectivity index (χ4v) is 6.07. The average Bonchev–Trinajstić information content (AvgIpc) is 2.97. The molecule has 118 valence electrons. The molecular formula is C13H20N2O2S4. The summed E-state index contributed by atoms with van der Waals surface area (Å²) in [5, 5.41) is 0. The van der Waals surface area contributed by atoms with E-state index in [9.17, 15) is 8.42 Å². The van der Waals surface area contributed by atoms with Gasteiger partial charge in [-0.25, -0.2) is 13.1 Å². The summed E-state index contributed by atoms with van der Waals surface area (Å²) < 4.78 is 27.8. The number of thiophene rings is 1. The first-order chi connectivity index (χ1) is 9.88. The maximum absolute atomic E-state index is 12.4. The lowest BCUT2D eigenvalue weighted by atomic mass is 9.88. The van der Waals surface area contributed by atoms with Crippen LogP contribution in [0.15, 0.2) is 16.3 Å². The van der Waals surface area contributed by atoms with E-state index < -0.39 is 10.0 Å². The fraction of sp³-hybridized carbons (Fsp3) is 0.615. The lowest BCUT2D eigenvalue weighted by Gasteiger charge is -2.35.